The van der Waals surface area contributed by atoms with Crippen molar-refractivity contribution in [3.8, 4) is 0 Å². The average molecular weight is 195 g/mol. The van der Waals surface area contributed by atoms with Crippen LogP contribution in [0.1, 0.15) is 19.3 Å². The van der Waals surface area contributed by atoms with Crippen LogP contribution in [0.25, 0.3) is 0 Å². The van der Waals surface area contributed by atoms with Gasteiger partial charge in [0.1, 0.15) is 0 Å². The molecule has 0 fully saturated rings. The quantitative estimate of drug-likeness (QED) is 0.530. The molecule has 0 saturated carbocycles. The predicted molar refractivity (Wildman–Crippen MR) is 61.0 cm³/mol. The van der Waals surface area contributed by atoms with E-state index in [0.717, 1.165) is 13.1 Å². The zero-order valence-corrected chi connectivity index (χ0v) is 8.92. The molecule has 1 heterocycles. The fourth-order valence-corrected chi connectivity index (χ4v) is 1.43. The second-order valence-electron chi connectivity index (χ2n) is 3.51. The lowest BCUT2D eigenvalue weighted by Crippen LogP contribution is -2.39. The van der Waals surface area contributed by atoms with Crippen LogP contribution in [0.2, 0.25) is 0 Å². The van der Waals surface area contributed by atoms with Crippen LogP contribution in [0, 0.1) is 0 Å². The molecule has 0 bridgehead atoms. The van der Waals surface area contributed by atoms with Crippen LogP contribution in [0.5, 0.6) is 0 Å². The number of dihydropyridines is 1. The molecule has 0 aromatic carbocycles. The van der Waals surface area contributed by atoms with Crippen LogP contribution in [0.15, 0.2) is 24.4 Å². The molecule has 0 spiro atoms. The smallest absolute Gasteiger partial charge is 0.0959 e. The maximum absolute atomic E-state index is 3.43. The van der Waals surface area contributed by atoms with Crippen molar-refractivity contribution >= 4 is 0 Å². The van der Waals surface area contributed by atoms with Crippen molar-refractivity contribution in [3.05, 3.63) is 24.4 Å². The molecule has 0 aromatic rings. The van der Waals surface area contributed by atoms with Crippen molar-refractivity contribution in [2.45, 2.75) is 25.4 Å². The minimum absolute atomic E-state index is 0.323. The number of unbranched alkanes of at least 4 members (excludes halogenated alkanes) is 2. The predicted octanol–water partition coefficient (Wildman–Crippen LogP) is 0.965. The first-order valence-corrected chi connectivity index (χ1v) is 5.41. The highest BCUT2D eigenvalue weighted by Gasteiger charge is 2.00. The van der Waals surface area contributed by atoms with Crippen LogP contribution in [0.3, 0.4) is 0 Å². The largest absolute Gasteiger partial charge is 0.372 e. The molecular weight excluding hydrogens is 174 g/mol. The number of allylic oxidation sites excluding steroid dienone is 2. The lowest BCUT2D eigenvalue weighted by Gasteiger charge is -2.17. The van der Waals surface area contributed by atoms with E-state index < -0.39 is 0 Å². The van der Waals surface area contributed by atoms with Gasteiger partial charge in [0, 0.05) is 0 Å². The summed E-state index contributed by atoms with van der Waals surface area (Å²) in [5.74, 6) is 0. The van der Waals surface area contributed by atoms with Gasteiger partial charge < -0.3 is 10.6 Å². The summed E-state index contributed by atoms with van der Waals surface area (Å²) in [5.41, 5.74) is 0. The van der Waals surface area contributed by atoms with Gasteiger partial charge in [-0.2, -0.15) is 0 Å². The minimum Gasteiger partial charge on any atom is -0.372 e. The molecule has 0 aromatic heterocycles. The third kappa shape index (κ3) is 5.04. The Balaban J connectivity index is 1.88. The molecule has 1 aliphatic heterocycles. The summed E-state index contributed by atoms with van der Waals surface area (Å²) in [6.45, 7) is 2.21. The van der Waals surface area contributed by atoms with Crippen molar-refractivity contribution in [2.24, 2.45) is 0 Å². The van der Waals surface area contributed by atoms with E-state index in [1.54, 1.807) is 0 Å². The highest BCUT2D eigenvalue weighted by atomic mass is 15.1. The molecule has 1 rings (SSSR count). The third-order valence-corrected chi connectivity index (χ3v) is 2.25. The number of rotatable bonds is 7. The van der Waals surface area contributed by atoms with E-state index in [2.05, 4.69) is 28.1 Å². The van der Waals surface area contributed by atoms with Gasteiger partial charge in [0.2, 0.25) is 0 Å². The summed E-state index contributed by atoms with van der Waals surface area (Å²) in [7, 11) is 2.00. The minimum atomic E-state index is 0.323. The van der Waals surface area contributed by atoms with Crippen LogP contribution in [0.4, 0.5) is 0 Å². The molecule has 0 saturated heterocycles. The van der Waals surface area contributed by atoms with E-state index in [9.17, 15) is 0 Å². The third-order valence-electron chi connectivity index (χ3n) is 2.25. The van der Waals surface area contributed by atoms with Crippen molar-refractivity contribution in [2.75, 3.05) is 20.1 Å². The maximum Gasteiger partial charge on any atom is 0.0959 e. The zero-order valence-electron chi connectivity index (χ0n) is 8.92. The van der Waals surface area contributed by atoms with Crippen LogP contribution in [-0.4, -0.2) is 26.3 Å². The van der Waals surface area contributed by atoms with Gasteiger partial charge in [-0.3, -0.25) is 5.32 Å². The zero-order chi connectivity index (χ0) is 10.1. The van der Waals surface area contributed by atoms with Gasteiger partial charge in [0.15, 0.2) is 0 Å². The fraction of sp³-hybridized carbons (Fsp3) is 0.636. The molecule has 0 aliphatic carbocycles. The highest BCUT2D eigenvalue weighted by Crippen LogP contribution is 1.94. The topological polar surface area (TPSA) is 36.1 Å². The van der Waals surface area contributed by atoms with Gasteiger partial charge in [0.05, 0.1) is 6.17 Å². The number of nitrogens with one attached hydrogen (secondary N) is 3. The van der Waals surface area contributed by atoms with Crippen LogP contribution >= 0.6 is 0 Å². The monoisotopic (exact) mass is 195 g/mol. The lowest BCUT2D eigenvalue weighted by atomic mass is 10.2. The molecule has 3 N–H and O–H groups in total. The van der Waals surface area contributed by atoms with E-state index in [0.29, 0.717) is 6.17 Å². The van der Waals surface area contributed by atoms with Crippen LogP contribution in [-0.2, 0) is 0 Å². The van der Waals surface area contributed by atoms with E-state index in [1.807, 2.05) is 19.3 Å². The molecule has 1 atom stereocenters. The van der Waals surface area contributed by atoms with E-state index in [4.69, 9.17) is 0 Å². The van der Waals surface area contributed by atoms with Gasteiger partial charge in [-0.25, -0.2) is 0 Å². The van der Waals surface area contributed by atoms with Crippen molar-refractivity contribution in [1.82, 2.24) is 16.0 Å². The molecular formula is C11H21N3. The Morgan fingerprint density at radius 3 is 2.71 bits per heavy atom. The van der Waals surface area contributed by atoms with Crippen molar-refractivity contribution in [1.29, 1.82) is 0 Å². The molecule has 3 nitrogen and oxygen atoms in total. The summed E-state index contributed by atoms with van der Waals surface area (Å²) >= 11 is 0. The fourth-order valence-electron chi connectivity index (χ4n) is 1.43. The maximum atomic E-state index is 3.43. The molecule has 1 unspecified atom stereocenters. The molecule has 1 aliphatic rings. The Hall–Kier alpha value is -0.800. The first-order valence-electron chi connectivity index (χ1n) is 5.41. The Bertz CT molecular complexity index is 187. The molecule has 14 heavy (non-hydrogen) atoms. The normalized spacial score (nSPS) is 19.6. The number of hydrogen-bond acceptors (Lipinski definition) is 3. The summed E-state index contributed by atoms with van der Waals surface area (Å²) < 4.78 is 0. The van der Waals surface area contributed by atoms with Gasteiger partial charge in [0.25, 0.3) is 0 Å². The summed E-state index contributed by atoms with van der Waals surface area (Å²) in [5, 5.41) is 9.81. The molecule has 80 valence electrons. The molecule has 0 radical (unpaired) electrons. The van der Waals surface area contributed by atoms with Crippen LogP contribution < -0.4 is 16.0 Å². The first kappa shape index (κ1) is 11.3. The first-order chi connectivity index (χ1) is 6.93. The Labute approximate surface area is 86.7 Å². The summed E-state index contributed by atoms with van der Waals surface area (Å²) in [4.78, 5) is 0. The highest BCUT2D eigenvalue weighted by molar-refractivity contribution is 5.11. The average Bonchev–Trinajstić information content (AvgIpc) is 2.25. The summed E-state index contributed by atoms with van der Waals surface area (Å²) in [6, 6.07) is 0. The molecule has 0 amide bonds. The standard InChI is InChI=1S/C11H21N3/c1-12-8-4-2-5-9-13-11-7-3-6-10-14-11/h3,6-7,10-14H,2,4-5,8-9H2,1H3. The second kappa shape index (κ2) is 7.59. The second-order valence-corrected chi connectivity index (χ2v) is 3.51. The van der Waals surface area contributed by atoms with Crippen molar-refractivity contribution < 1.29 is 0 Å². The SMILES string of the molecule is CNCCCCCNC1C=CC=CN1. The number of hydrogen-bond donors (Lipinski definition) is 3. The van der Waals surface area contributed by atoms with E-state index in [1.165, 1.54) is 19.3 Å². The van der Waals surface area contributed by atoms with Gasteiger partial charge in [-0.1, -0.05) is 12.5 Å². The van der Waals surface area contributed by atoms with Gasteiger partial charge >= 0.3 is 0 Å². The lowest BCUT2D eigenvalue weighted by molar-refractivity contribution is 0.517. The Morgan fingerprint density at radius 2 is 2.00 bits per heavy atom. The Morgan fingerprint density at radius 1 is 1.14 bits per heavy atom. The van der Waals surface area contributed by atoms with E-state index in [-0.39, 0.29) is 0 Å². The Kier molecular flexibility index (Phi) is 6.11. The van der Waals surface area contributed by atoms with Crippen molar-refractivity contribution in [3.63, 3.8) is 0 Å². The van der Waals surface area contributed by atoms with Gasteiger partial charge in [-0.05, 0) is 51.3 Å². The summed E-state index contributed by atoms with van der Waals surface area (Å²) in [6.07, 6.45) is 12.3. The molecule has 3 heteroatoms. The van der Waals surface area contributed by atoms with Gasteiger partial charge in [-0.15, -0.1) is 0 Å². The van der Waals surface area contributed by atoms with E-state index >= 15 is 0 Å².